The standard InChI is InChI=1S/C24H25N5OS/c1-17-15-23-25-28(24(31)29(23)22-6-4-3-5-21(17)22)16-26-11-13-27(14-12-26)20-9-7-19(8-10-20)18(2)30/h3-10,15H,11-14,16H2,1-2H3. The first-order chi connectivity index (χ1) is 15.0. The third-order valence-electron chi connectivity index (χ3n) is 6.12. The molecule has 0 N–H and O–H groups in total. The van der Waals surface area contributed by atoms with Gasteiger partial charge >= 0.3 is 0 Å². The molecular weight excluding hydrogens is 406 g/mol. The fraction of sp³-hybridized carbons (Fsp3) is 0.292. The maximum absolute atomic E-state index is 11.5. The van der Waals surface area contributed by atoms with E-state index < -0.39 is 0 Å². The van der Waals surface area contributed by atoms with Gasteiger partial charge in [0, 0.05) is 42.8 Å². The number of para-hydroxylation sites is 1. The molecule has 1 fully saturated rings. The second-order valence-corrected chi connectivity index (χ2v) is 8.53. The van der Waals surface area contributed by atoms with Gasteiger partial charge in [0.25, 0.3) is 0 Å². The van der Waals surface area contributed by atoms with Crippen molar-refractivity contribution in [3.05, 3.63) is 70.5 Å². The molecule has 0 spiro atoms. The van der Waals surface area contributed by atoms with Crippen molar-refractivity contribution in [1.29, 1.82) is 0 Å². The predicted molar refractivity (Wildman–Crippen MR) is 126 cm³/mol. The molecule has 6 nitrogen and oxygen atoms in total. The molecule has 0 aliphatic carbocycles. The second-order valence-electron chi connectivity index (χ2n) is 8.17. The first kappa shape index (κ1) is 19.9. The number of piperazine rings is 1. The van der Waals surface area contributed by atoms with E-state index in [2.05, 4.69) is 45.4 Å². The van der Waals surface area contributed by atoms with Crippen LogP contribution >= 0.6 is 12.2 Å². The molecule has 1 saturated heterocycles. The highest BCUT2D eigenvalue weighted by molar-refractivity contribution is 7.71. The minimum absolute atomic E-state index is 0.100. The molecule has 0 unspecified atom stereocenters. The Morgan fingerprint density at radius 1 is 1.03 bits per heavy atom. The summed E-state index contributed by atoms with van der Waals surface area (Å²) in [5.41, 5.74) is 5.12. The lowest BCUT2D eigenvalue weighted by molar-refractivity contribution is 0.101. The van der Waals surface area contributed by atoms with Crippen LogP contribution in [0.15, 0.2) is 54.6 Å². The van der Waals surface area contributed by atoms with Gasteiger partial charge in [-0.25, -0.2) is 4.68 Å². The summed E-state index contributed by atoms with van der Waals surface area (Å²) in [7, 11) is 0. The fourth-order valence-electron chi connectivity index (χ4n) is 4.35. The van der Waals surface area contributed by atoms with Gasteiger partial charge in [0.1, 0.15) is 0 Å². The third-order valence-corrected chi connectivity index (χ3v) is 6.52. The third kappa shape index (κ3) is 3.64. The molecule has 158 valence electrons. The average Bonchev–Trinajstić information content (AvgIpc) is 3.09. The van der Waals surface area contributed by atoms with Gasteiger partial charge in [-0.05, 0) is 68.0 Å². The van der Waals surface area contributed by atoms with Gasteiger partial charge < -0.3 is 4.90 Å². The first-order valence-corrected chi connectivity index (χ1v) is 11.0. The zero-order valence-electron chi connectivity index (χ0n) is 17.8. The molecule has 2 aromatic carbocycles. The number of nitrogens with zero attached hydrogens (tertiary/aromatic N) is 5. The number of aromatic nitrogens is 3. The number of anilines is 1. The fourth-order valence-corrected chi connectivity index (χ4v) is 4.64. The Labute approximate surface area is 186 Å². The highest BCUT2D eigenvalue weighted by Gasteiger charge is 2.19. The van der Waals surface area contributed by atoms with Crippen LogP contribution in [0.4, 0.5) is 5.69 Å². The van der Waals surface area contributed by atoms with Crippen molar-refractivity contribution in [3.8, 4) is 0 Å². The van der Waals surface area contributed by atoms with Crippen molar-refractivity contribution >= 4 is 40.2 Å². The molecule has 1 aliphatic rings. The summed E-state index contributed by atoms with van der Waals surface area (Å²) in [5, 5.41) is 6.01. The highest BCUT2D eigenvalue weighted by atomic mass is 32.1. The molecule has 3 heterocycles. The quantitative estimate of drug-likeness (QED) is 0.356. The van der Waals surface area contributed by atoms with Gasteiger partial charge in [0.05, 0.1) is 12.2 Å². The predicted octanol–water partition coefficient (Wildman–Crippen LogP) is 4.31. The van der Waals surface area contributed by atoms with Crippen LogP contribution in [0.5, 0.6) is 0 Å². The summed E-state index contributed by atoms with van der Waals surface area (Å²) in [5.74, 6) is 0.100. The van der Waals surface area contributed by atoms with Crippen LogP contribution in [0, 0.1) is 11.7 Å². The second kappa shape index (κ2) is 7.90. The smallest absolute Gasteiger partial charge is 0.204 e. The van der Waals surface area contributed by atoms with Crippen LogP contribution in [0.2, 0.25) is 0 Å². The summed E-state index contributed by atoms with van der Waals surface area (Å²) in [6, 6.07) is 18.3. The first-order valence-electron chi connectivity index (χ1n) is 10.6. The molecule has 0 saturated carbocycles. The van der Waals surface area contributed by atoms with E-state index in [9.17, 15) is 4.79 Å². The van der Waals surface area contributed by atoms with Crippen molar-refractivity contribution < 1.29 is 4.79 Å². The van der Waals surface area contributed by atoms with Crippen molar-refractivity contribution in [2.24, 2.45) is 0 Å². The summed E-state index contributed by atoms with van der Waals surface area (Å²) in [4.78, 5) is 16.2. The molecule has 7 heteroatoms. The Balaban J connectivity index is 1.33. The van der Waals surface area contributed by atoms with Crippen molar-refractivity contribution in [2.45, 2.75) is 20.5 Å². The minimum Gasteiger partial charge on any atom is -0.369 e. The molecule has 0 bridgehead atoms. The van der Waals surface area contributed by atoms with Gasteiger partial charge in [0.15, 0.2) is 11.4 Å². The van der Waals surface area contributed by atoms with Crippen LogP contribution in [-0.4, -0.2) is 51.0 Å². The monoisotopic (exact) mass is 431 g/mol. The number of ketones is 1. The van der Waals surface area contributed by atoms with Crippen LogP contribution < -0.4 is 4.90 Å². The van der Waals surface area contributed by atoms with Gasteiger partial charge in [-0.2, -0.15) is 5.10 Å². The summed E-state index contributed by atoms with van der Waals surface area (Å²) in [6.07, 6.45) is 0. The number of hydrogen-bond donors (Lipinski definition) is 0. The summed E-state index contributed by atoms with van der Waals surface area (Å²) in [6.45, 7) is 8.14. The molecule has 0 atom stereocenters. The largest absolute Gasteiger partial charge is 0.369 e. The molecule has 1 aliphatic heterocycles. The van der Waals surface area contributed by atoms with Crippen LogP contribution in [0.1, 0.15) is 22.8 Å². The molecule has 4 aromatic rings. The number of pyridine rings is 1. The minimum atomic E-state index is 0.100. The molecule has 0 radical (unpaired) electrons. The molecular formula is C24H25N5OS. The molecule has 0 amide bonds. The van der Waals surface area contributed by atoms with E-state index in [1.807, 2.05) is 35.0 Å². The summed E-state index contributed by atoms with van der Waals surface area (Å²) < 4.78 is 4.74. The van der Waals surface area contributed by atoms with Crippen LogP contribution in [0.3, 0.4) is 0 Å². The average molecular weight is 432 g/mol. The normalized spacial score (nSPS) is 15.1. The van der Waals surface area contributed by atoms with Crippen molar-refractivity contribution in [1.82, 2.24) is 19.1 Å². The van der Waals surface area contributed by atoms with E-state index in [-0.39, 0.29) is 5.78 Å². The Kier molecular flexibility index (Phi) is 5.08. The Morgan fingerprint density at radius 2 is 1.74 bits per heavy atom. The van der Waals surface area contributed by atoms with E-state index in [4.69, 9.17) is 17.3 Å². The zero-order valence-corrected chi connectivity index (χ0v) is 18.6. The number of rotatable bonds is 4. The lowest BCUT2D eigenvalue weighted by atomic mass is 10.1. The number of aryl methyl sites for hydroxylation is 1. The lowest BCUT2D eigenvalue weighted by Gasteiger charge is -2.35. The SMILES string of the molecule is CC(=O)c1ccc(N2CCN(Cn3nc4cc(C)c5ccccc5n4c3=S)CC2)cc1. The van der Waals surface area contributed by atoms with E-state index in [1.54, 1.807) is 6.92 Å². The van der Waals surface area contributed by atoms with Gasteiger partial charge in [-0.1, -0.05) is 18.2 Å². The van der Waals surface area contributed by atoms with Gasteiger partial charge in [-0.15, -0.1) is 0 Å². The topological polar surface area (TPSA) is 45.8 Å². The van der Waals surface area contributed by atoms with E-state index in [1.165, 1.54) is 10.9 Å². The van der Waals surface area contributed by atoms with E-state index in [0.717, 1.165) is 53.4 Å². The molecule has 31 heavy (non-hydrogen) atoms. The summed E-state index contributed by atoms with van der Waals surface area (Å²) >= 11 is 5.80. The molecule has 5 rings (SSSR count). The Bertz CT molecular complexity index is 1330. The van der Waals surface area contributed by atoms with Crippen LogP contribution in [0.25, 0.3) is 16.6 Å². The Hall–Kier alpha value is -3.03. The van der Waals surface area contributed by atoms with E-state index in [0.29, 0.717) is 6.67 Å². The number of Topliss-reactive ketones (excluding diaryl/α,β-unsaturated/α-hetero) is 1. The number of fused-ring (bicyclic) bond motifs is 3. The highest BCUT2D eigenvalue weighted by Crippen LogP contribution is 2.22. The maximum Gasteiger partial charge on any atom is 0.204 e. The number of benzene rings is 2. The van der Waals surface area contributed by atoms with E-state index >= 15 is 0 Å². The maximum atomic E-state index is 11.5. The molecule has 2 aromatic heterocycles. The van der Waals surface area contributed by atoms with Gasteiger partial charge in [-0.3, -0.25) is 14.1 Å². The van der Waals surface area contributed by atoms with Gasteiger partial charge in [0.2, 0.25) is 4.77 Å². The Morgan fingerprint density at radius 3 is 2.45 bits per heavy atom. The zero-order chi connectivity index (χ0) is 21.5. The van der Waals surface area contributed by atoms with Crippen molar-refractivity contribution in [2.75, 3.05) is 31.1 Å². The number of carbonyl (C=O) groups is 1. The number of carbonyl (C=O) groups excluding carboxylic acids is 1. The van der Waals surface area contributed by atoms with Crippen molar-refractivity contribution in [3.63, 3.8) is 0 Å². The van der Waals surface area contributed by atoms with Crippen LogP contribution in [-0.2, 0) is 6.67 Å². The number of hydrogen-bond acceptors (Lipinski definition) is 5. The lowest BCUT2D eigenvalue weighted by Crippen LogP contribution is -2.47.